The van der Waals surface area contributed by atoms with Crippen LogP contribution < -0.4 is 10.5 Å². The Labute approximate surface area is 113 Å². The van der Waals surface area contributed by atoms with Gasteiger partial charge in [-0.2, -0.15) is 0 Å². The summed E-state index contributed by atoms with van der Waals surface area (Å²) in [6, 6.07) is 5.12. The lowest BCUT2D eigenvalue weighted by atomic mass is 9.93. The number of rotatable bonds is 3. The molecular weight excluding hydrogens is 264 g/mol. The van der Waals surface area contributed by atoms with Crippen LogP contribution in [0.3, 0.4) is 0 Å². The minimum atomic E-state index is -3.67. The Morgan fingerprint density at radius 2 is 1.89 bits per heavy atom. The van der Waals surface area contributed by atoms with Gasteiger partial charge in [0.15, 0.2) is 0 Å². The van der Waals surface area contributed by atoms with Gasteiger partial charge in [0, 0.05) is 11.7 Å². The maximum atomic E-state index is 11.3. The van der Waals surface area contributed by atoms with Gasteiger partial charge >= 0.3 is 0 Å². The SMILES string of the molecule is Cc1ccc(S(N)(=O)=O)cc1NC1CCC(O)CC1. The first-order valence-electron chi connectivity index (χ1n) is 6.44. The van der Waals surface area contributed by atoms with Crippen LogP contribution in [-0.4, -0.2) is 25.7 Å². The molecule has 6 heteroatoms. The third kappa shape index (κ3) is 3.68. The Balaban J connectivity index is 2.16. The standard InChI is InChI=1S/C13H20N2O3S/c1-9-2-7-12(19(14,17)18)8-13(9)15-10-3-5-11(16)6-4-10/h2,7-8,10-11,15-16H,3-6H2,1H3,(H2,14,17,18). The van der Waals surface area contributed by atoms with Gasteiger partial charge in [-0.05, 0) is 50.3 Å². The zero-order valence-corrected chi connectivity index (χ0v) is 11.8. The summed E-state index contributed by atoms with van der Waals surface area (Å²) >= 11 is 0. The van der Waals surface area contributed by atoms with E-state index in [0.717, 1.165) is 36.9 Å². The van der Waals surface area contributed by atoms with Crippen LogP contribution in [0.4, 0.5) is 5.69 Å². The predicted molar refractivity (Wildman–Crippen MR) is 74.4 cm³/mol. The molecule has 1 fully saturated rings. The molecule has 1 aliphatic rings. The quantitative estimate of drug-likeness (QED) is 0.781. The van der Waals surface area contributed by atoms with E-state index in [1.54, 1.807) is 12.1 Å². The Bertz CT molecular complexity index is 549. The van der Waals surface area contributed by atoms with Crippen LogP contribution in [0.1, 0.15) is 31.2 Å². The van der Waals surface area contributed by atoms with Gasteiger partial charge in [-0.1, -0.05) is 6.07 Å². The number of sulfonamides is 1. The molecule has 0 aliphatic heterocycles. The molecule has 1 aromatic rings. The summed E-state index contributed by atoms with van der Waals surface area (Å²) in [6.07, 6.45) is 3.15. The van der Waals surface area contributed by atoms with Crippen molar-refractivity contribution >= 4 is 15.7 Å². The fourth-order valence-electron chi connectivity index (χ4n) is 2.37. The Hall–Kier alpha value is -1.11. The molecular formula is C13H20N2O3S. The van der Waals surface area contributed by atoms with Gasteiger partial charge in [-0.25, -0.2) is 13.6 Å². The zero-order valence-electron chi connectivity index (χ0n) is 11.0. The van der Waals surface area contributed by atoms with Gasteiger partial charge in [-0.15, -0.1) is 0 Å². The first-order chi connectivity index (χ1) is 8.86. The first-order valence-corrected chi connectivity index (χ1v) is 7.99. The molecule has 19 heavy (non-hydrogen) atoms. The normalized spacial score (nSPS) is 24.2. The second-order valence-corrected chi connectivity index (χ2v) is 6.73. The number of nitrogens with one attached hydrogen (secondary N) is 1. The van der Waals surface area contributed by atoms with E-state index in [9.17, 15) is 13.5 Å². The third-order valence-corrected chi connectivity index (χ3v) is 4.50. The molecule has 0 aromatic heterocycles. The third-order valence-electron chi connectivity index (χ3n) is 3.59. The van der Waals surface area contributed by atoms with Crippen molar-refractivity contribution in [3.63, 3.8) is 0 Å². The van der Waals surface area contributed by atoms with Crippen LogP contribution in [0.2, 0.25) is 0 Å². The van der Waals surface area contributed by atoms with Crippen molar-refractivity contribution < 1.29 is 13.5 Å². The molecule has 2 rings (SSSR count). The smallest absolute Gasteiger partial charge is 0.238 e. The molecule has 106 valence electrons. The fourth-order valence-corrected chi connectivity index (χ4v) is 2.91. The maximum absolute atomic E-state index is 11.3. The van der Waals surface area contributed by atoms with Crippen LogP contribution in [0.25, 0.3) is 0 Å². The number of aliphatic hydroxyl groups excluding tert-OH is 1. The molecule has 1 aromatic carbocycles. The van der Waals surface area contributed by atoms with E-state index in [-0.39, 0.29) is 17.0 Å². The highest BCUT2D eigenvalue weighted by Gasteiger charge is 2.20. The largest absolute Gasteiger partial charge is 0.393 e. The van der Waals surface area contributed by atoms with Crippen molar-refractivity contribution in [3.8, 4) is 0 Å². The molecule has 0 heterocycles. The molecule has 0 radical (unpaired) electrons. The summed E-state index contributed by atoms with van der Waals surface area (Å²) in [5.41, 5.74) is 1.78. The Morgan fingerprint density at radius 3 is 2.47 bits per heavy atom. The molecule has 0 unspecified atom stereocenters. The molecule has 0 atom stereocenters. The second-order valence-electron chi connectivity index (χ2n) is 5.17. The van der Waals surface area contributed by atoms with Crippen molar-refractivity contribution in [2.75, 3.05) is 5.32 Å². The van der Waals surface area contributed by atoms with Crippen LogP contribution in [-0.2, 0) is 10.0 Å². The van der Waals surface area contributed by atoms with E-state index in [0.29, 0.717) is 0 Å². The summed E-state index contributed by atoms with van der Waals surface area (Å²) in [6.45, 7) is 1.92. The minimum absolute atomic E-state index is 0.122. The molecule has 1 aliphatic carbocycles. The van der Waals surface area contributed by atoms with Crippen molar-refractivity contribution in [3.05, 3.63) is 23.8 Å². The predicted octanol–water partition coefficient (Wildman–Crippen LogP) is 1.36. The average molecular weight is 284 g/mol. The van der Waals surface area contributed by atoms with Gasteiger partial charge in [0.1, 0.15) is 0 Å². The molecule has 5 nitrogen and oxygen atoms in total. The highest BCUT2D eigenvalue weighted by Crippen LogP contribution is 2.25. The Morgan fingerprint density at radius 1 is 1.26 bits per heavy atom. The number of aliphatic hydroxyl groups is 1. The highest BCUT2D eigenvalue weighted by molar-refractivity contribution is 7.89. The van der Waals surface area contributed by atoms with Crippen LogP contribution >= 0.6 is 0 Å². The summed E-state index contributed by atoms with van der Waals surface area (Å²) in [5, 5.41) is 18.0. The van der Waals surface area contributed by atoms with Crippen molar-refractivity contribution in [2.24, 2.45) is 5.14 Å². The Kier molecular flexibility index (Phi) is 4.13. The summed E-state index contributed by atoms with van der Waals surface area (Å²) < 4.78 is 22.7. The fraction of sp³-hybridized carbons (Fsp3) is 0.538. The van der Waals surface area contributed by atoms with Gasteiger partial charge < -0.3 is 10.4 Å². The van der Waals surface area contributed by atoms with Gasteiger partial charge in [-0.3, -0.25) is 0 Å². The lowest BCUT2D eigenvalue weighted by molar-refractivity contribution is 0.126. The molecule has 0 amide bonds. The van der Waals surface area contributed by atoms with Crippen molar-refractivity contribution in [2.45, 2.75) is 49.6 Å². The maximum Gasteiger partial charge on any atom is 0.238 e. The lowest BCUT2D eigenvalue weighted by Gasteiger charge is -2.27. The van der Waals surface area contributed by atoms with E-state index in [2.05, 4.69) is 5.32 Å². The second kappa shape index (κ2) is 5.48. The summed E-state index contributed by atoms with van der Waals surface area (Å²) in [7, 11) is -3.67. The van der Waals surface area contributed by atoms with E-state index in [1.807, 2.05) is 6.92 Å². The lowest BCUT2D eigenvalue weighted by Crippen LogP contribution is -2.28. The number of aryl methyl sites for hydroxylation is 1. The zero-order chi connectivity index (χ0) is 14.0. The molecule has 0 spiro atoms. The number of anilines is 1. The monoisotopic (exact) mass is 284 g/mol. The van der Waals surface area contributed by atoms with Gasteiger partial charge in [0.05, 0.1) is 11.0 Å². The van der Waals surface area contributed by atoms with E-state index in [1.165, 1.54) is 6.07 Å². The summed E-state index contributed by atoms with van der Waals surface area (Å²) in [4.78, 5) is 0.122. The van der Waals surface area contributed by atoms with Crippen LogP contribution in [0.5, 0.6) is 0 Å². The van der Waals surface area contributed by atoms with Crippen molar-refractivity contribution in [1.29, 1.82) is 0 Å². The van der Waals surface area contributed by atoms with Crippen LogP contribution in [0.15, 0.2) is 23.1 Å². The van der Waals surface area contributed by atoms with Crippen molar-refractivity contribution in [1.82, 2.24) is 0 Å². The van der Waals surface area contributed by atoms with E-state index >= 15 is 0 Å². The first kappa shape index (κ1) is 14.3. The number of hydrogen-bond acceptors (Lipinski definition) is 4. The molecule has 4 N–H and O–H groups in total. The molecule has 0 saturated heterocycles. The molecule has 0 bridgehead atoms. The minimum Gasteiger partial charge on any atom is -0.393 e. The number of benzene rings is 1. The number of primary sulfonamides is 1. The highest BCUT2D eigenvalue weighted by atomic mass is 32.2. The van der Waals surface area contributed by atoms with Crippen LogP contribution in [0, 0.1) is 6.92 Å². The average Bonchev–Trinajstić information content (AvgIpc) is 2.33. The van der Waals surface area contributed by atoms with E-state index in [4.69, 9.17) is 5.14 Å². The topological polar surface area (TPSA) is 92.4 Å². The van der Waals surface area contributed by atoms with Gasteiger partial charge in [0.25, 0.3) is 0 Å². The van der Waals surface area contributed by atoms with E-state index < -0.39 is 10.0 Å². The number of nitrogens with two attached hydrogens (primary N) is 1. The molecule has 1 saturated carbocycles. The van der Waals surface area contributed by atoms with Gasteiger partial charge in [0.2, 0.25) is 10.0 Å². The summed E-state index contributed by atoms with van der Waals surface area (Å²) in [5.74, 6) is 0. The number of hydrogen-bond donors (Lipinski definition) is 3.